The number of halogens is 4. The summed E-state index contributed by atoms with van der Waals surface area (Å²) in [4.78, 5) is 10.6. The van der Waals surface area contributed by atoms with Gasteiger partial charge in [0.25, 0.3) is 5.69 Å². The van der Waals surface area contributed by atoms with Crippen LogP contribution in [0.25, 0.3) is 0 Å². The van der Waals surface area contributed by atoms with Gasteiger partial charge in [-0.2, -0.15) is 13.2 Å². The minimum atomic E-state index is -4.55. The topological polar surface area (TPSA) is 90.7 Å². The molecule has 1 unspecified atom stereocenters. The van der Waals surface area contributed by atoms with E-state index in [1.807, 2.05) is 0 Å². The van der Waals surface area contributed by atoms with E-state index in [2.05, 4.69) is 5.32 Å². The van der Waals surface area contributed by atoms with E-state index in [0.29, 0.717) is 0 Å². The van der Waals surface area contributed by atoms with Crippen molar-refractivity contribution in [1.82, 2.24) is 0 Å². The molecule has 7 nitrogen and oxygen atoms in total. The molecule has 1 N–H and O–H groups in total. The van der Waals surface area contributed by atoms with Crippen LogP contribution < -0.4 is 10.1 Å². The summed E-state index contributed by atoms with van der Waals surface area (Å²) in [7, 11) is -3.02. The maximum absolute atomic E-state index is 12.7. The molecule has 0 radical (unpaired) electrons. The molecule has 0 saturated carbocycles. The second kappa shape index (κ2) is 9.02. The lowest BCUT2D eigenvalue weighted by Gasteiger charge is -2.15. The van der Waals surface area contributed by atoms with Crippen molar-refractivity contribution < 1.29 is 31.9 Å². The first kappa shape index (κ1) is 23.0. The zero-order chi connectivity index (χ0) is 21.8. The summed E-state index contributed by atoms with van der Waals surface area (Å²) in [6.07, 6.45) is -4.71. The number of nitrogens with one attached hydrogen (secondary N) is 1. The van der Waals surface area contributed by atoms with Crippen molar-refractivity contribution in [2.75, 3.05) is 24.9 Å². The SMILES string of the molecule is CCOP(C)(=O)CNc1cc(Oc2ccc(C(F)(F)F)cc2Cl)ccc1[N+](=O)[O-]. The van der Waals surface area contributed by atoms with Gasteiger partial charge in [-0.3, -0.25) is 14.7 Å². The van der Waals surface area contributed by atoms with Gasteiger partial charge in [0.2, 0.25) is 7.37 Å². The molecule has 158 valence electrons. The van der Waals surface area contributed by atoms with Crippen LogP contribution in [0.3, 0.4) is 0 Å². The van der Waals surface area contributed by atoms with E-state index >= 15 is 0 Å². The van der Waals surface area contributed by atoms with Crippen molar-refractivity contribution in [1.29, 1.82) is 0 Å². The summed E-state index contributed by atoms with van der Waals surface area (Å²) < 4.78 is 61.0. The second-order valence-electron chi connectivity index (χ2n) is 5.95. The molecule has 1 atom stereocenters. The minimum absolute atomic E-state index is 0.0114. The van der Waals surface area contributed by atoms with E-state index in [0.717, 1.165) is 24.3 Å². The molecule has 0 aliphatic rings. The molecule has 2 aromatic carbocycles. The predicted octanol–water partition coefficient (Wildman–Crippen LogP) is 6.37. The third-order valence-electron chi connectivity index (χ3n) is 3.61. The lowest BCUT2D eigenvalue weighted by Crippen LogP contribution is -2.07. The minimum Gasteiger partial charge on any atom is -0.456 e. The molecule has 0 aromatic heterocycles. The Hall–Kier alpha value is -2.29. The molecule has 0 aliphatic heterocycles. The van der Waals surface area contributed by atoms with Crippen molar-refractivity contribution in [3.63, 3.8) is 0 Å². The molecule has 2 rings (SSSR count). The number of benzene rings is 2. The van der Waals surface area contributed by atoms with E-state index in [4.69, 9.17) is 20.9 Å². The first-order valence-electron chi connectivity index (χ1n) is 8.21. The van der Waals surface area contributed by atoms with Gasteiger partial charge in [-0.05, 0) is 31.2 Å². The van der Waals surface area contributed by atoms with E-state index in [9.17, 15) is 27.9 Å². The van der Waals surface area contributed by atoms with Crippen LogP contribution in [0.5, 0.6) is 11.5 Å². The number of nitro groups is 1. The Morgan fingerprint density at radius 1 is 1.24 bits per heavy atom. The Bertz CT molecular complexity index is 955. The Balaban J connectivity index is 2.28. The summed E-state index contributed by atoms with van der Waals surface area (Å²) in [6, 6.07) is 6.26. The van der Waals surface area contributed by atoms with Gasteiger partial charge in [0.05, 0.1) is 28.4 Å². The largest absolute Gasteiger partial charge is 0.456 e. The number of anilines is 1. The fourth-order valence-electron chi connectivity index (χ4n) is 2.31. The Morgan fingerprint density at radius 3 is 2.48 bits per heavy atom. The Labute approximate surface area is 169 Å². The molecule has 0 heterocycles. The smallest absolute Gasteiger partial charge is 0.416 e. The number of rotatable bonds is 8. The van der Waals surface area contributed by atoms with Crippen LogP contribution in [0.4, 0.5) is 24.5 Å². The van der Waals surface area contributed by atoms with E-state index in [-0.39, 0.29) is 40.8 Å². The quantitative estimate of drug-likeness (QED) is 0.284. The standard InChI is InChI=1S/C17H17ClF3N2O5P/c1-3-27-29(2,26)10-22-14-9-12(5-6-15(14)23(24)25)28-16-7-4-11(8-13(16)18)17(19,20)21/h4-9,22H,3,10H2,1-2H3. The average Bonchev–Trinajstić information content (AvgIpc) is 2.61. The summed E-state index contributed by atoms with van der Waals surface area (Å²) >= 11 is 5.86. The molecular formula is C17H17ClF3N2O5P. The molecule has 2 aromatic rings. The van der Waals surface area contributed by atoms with Gasteiger partial charge < -0.3 is 14.6 Å². The van der Waals surface area contributed by atoms with Crippen LogP contribution in [0.15, 0.2) is 36.4 Å². The molecule has 29 heavy (non-hydrogen) atoms. The van der Waals surface area contributed by atoms with Gasteiger partial charge in [-0.25, -0.2) is 0 Å². The fraction of sp³-hybridized carbons (Fsp3) is 0.294. The molecule has 0 fully saturated rings. The Kier molecular flexibility index (Phi) is 7.15. The van der Waals surface area contributed by atoms with Gasteiger partial charge in [-0.1, -0.05) is 11.6 Å². The summed E-state index contributed by atoms with van der Waals surface area (Å²) in [6.45, 7) is 3.27. The molecule has 0 aliphatic carbocycles. The molecule has 0 saturated heterocycles. The van der Waals surface area contributed by atoms with E-state index in [1.54, 1.807) is 6.92 Å². The first-order chi connectivity index (χ1) is 13.4. The molecule has 12 heteroatoms. The van der Waals surface area contributed by atoms with Crippen molar-refractivity contribution in [2.45, 2.75) is 13.1 Å². The molecule has 0 spiro atoms. The van der Waals surface area contributed by atoms with Gasteiger partial charge in [0, 0.05) is 18.8 Å². The zero-order valence-electron chi connectivity index (χ0n) is 15.3. The number of nitro benzene ring substituents is 1. The average molecular weight is 453 g/mol. The monoisotopic (exact) mass is 452 g/mol. The highest BCUT2D eigenvalue weighted by molar-refractivity contribution is 7.58. The van der Waals surface area contributed by atoms with Crippen molar-refractivity contribution in [2.24, 2.45) is 0 Å². The van der Waals surface area contributed by atoms with Crippen LogP contribution in [0.2, 0.25) is 5.02 Å². The fourth-order valence-corrected chi connectivity index (χ4v) is 3.63. The highest BCUT2D eigenvalue weighted by atomic mass is 35.5. The van der Waals surface area contributed by atoms with Crippen molar-refractivity contribution in [3.8, 4) is 11.5 Å². The normalized spacial score (nSPS) is 13.6. The van der Waals surface area contributed by atoms with E-state index in [1.165, 1.54) is 18.8 Å². The number of ether oxygens (including phenoxy) is 1. The molecule has 0 bridgehead atoms. The van der Waals surface area contributed by atoms with Crippen molar-refractivity contribution in [3.05, 3.63) is 57.1 Å². The van der Waals surface area contributed by atoms with Crippen LogP contribution in [-0.2, 0) is 15.3 Å². The van der Waals surface area contributed by atoms with Gasteiger partial charge in [0.15, 0.2) is 0 Å². The Morgan fingerprint density at radius 2 is 1.93 bits per heavy atom. The second-order valence-corrected chi connectivity index (χ2v) is 8.96. The van der Waals surface area contributed by atoms with Gasteiger partial charge >= 0.3 is 6.18 Å². The highest BCUT2D eigenvalue weighted by Gasteiger charge is 2.31. The number of hydrogen-bond donors (Lipinski definition) is 1. The lowest BCUT2D eigenvalue weighted by atomic mass is 10.2. The zero-order valence-corrected chi connectivity index (χ0v) is 17.0. The van der Waals surface area contributed by atoms with Crippen LogP contribution in [0, 0.1) is 10.1 Å². The predicted molar refractivity (Wildman–Crippen MR) is 103 cm³/mol. The number of alkyl halides is 3. The summed E-state index contributed by atoms with van der Waals surface area (Å²) in [5, 5.41) is 13.6. The van der Waals surface area contributed by atoms with Gasteiger partial charge in [0.1, 0.15) is 17.2 Å². The third kappa shape index (κ3) is 6.35. The maximum Gasteiger partial charge on any atom is 0.416 e. The van der Waals surface area contributed by atoms with Crippen LogP contribution >= 0.6 is 19.0 Å². The first-order valence-corrected chi connectivity index (χ1v) is 10.8. The van der Waals surface area contributed by atoms with Crippen molar-refractivity contribution >= 4 is 30.3 Å². The van der Waals surface area contributed by atoms with Crippen LogP contribution in [-0.4, -0.2) is 24.5 Å². The number of nitrogens with zero attached hydrogens (tertiary/aromatic N) is 1. The third-order valence-corrected chi connectivity index (χ3v) is 5.44. The lowest BCUT2D eigenvalue weighted by molar-refractivity contribution is -0.384. The molecule has 0 amide bonds. The van der Waals surface area contributed by atoms with E-state index < -0.39 is 24.0 Å². The van der Waals surface area contributed by atoms with Gasteiger partial charge in [-0.15, -0.1) is 0 Å². The number of hydrogen-bond acceptors (Lipinski definition) is 6. The summed E-state index contributed by atoms with van der Waals surface area (Å²) in [5.41, 5.74) is -1.22. The maximum atomic E-state index is 12.7. The highest BCUT2D eigenvalue weighted by Crippen LogP contribution is 2.43. The summed E-state index contributed by atoms with van der Waals surface area (Å²) in [5.74, 6) is 0.0250. The molecular weight excluding hydrogens is 436 g/mol. The van der Waals surface area contributed by atoms with Crippen LogP contribution in [0.1, 0.15) is 12.5 Å².